The Hall–Kier alpha value is -2.95. The fraction of sp³-hybridized carbons (Fsp3) is 0.286. The number of aromatic nitrogens is 2. The van der Waals surface area contributed by atoms with Crippen molar-refractivity contribution in [3.8, 4) is 5.75 Å². The van der Waals surface area contributed by atoms with Crippen LogP contribution >= 0.6 is 0 Å². The number of hydrogen-bond donors (Lipinski definition) is 0. The molecular formula is C28H31IN2O5. The van der Waals surface area contributed by atoms with Crippen LogP contribution in [0.2, 0.25) is 0 Å². The molecule has 0 saturated heterocycles. The van der Waals surface area contributed by atoms with Crippen molar-refractivity contribution in [3.05, 3.63) is 96.4 Å². The predicted molar refractivity (Wildman–Crippen MR) is 132 cm³/mol. The van der Waals surface area contributed by atoms with Crippen LogP contribution in [-0.4, -0.2) is 43.6 Å². The molecule has 0 amide bonds. The Kier molecular flexibility index (Phi) is 11.2. The Morgan fingerprint density at radius 3 is 2.47 bits per heavy atom. The number of carbonyl (C=O) groups is 1. The van der Waals surface area contributed by atoms with E-state index in [-0.39, 0.29) is 36.6 Å². The molecule has 4 rings (SSSR count). The summed E-state index contributed by atoms with van der Waals surface area (Å²) in [5.41, 5.74) is 2.81. The van der Waals surface area contributed by atoms with Crippen molar-refractivity contribution in [2.24, 2.45) is 7.05 Å². The third kappa shape index (κ3) is 8.32. The summed E-state index contributed by atoms with van der Waals surface area (Å²) in [5, 5.41) is 1.14. The van der Waals surface area contributed by atoms with Crippen LogP contribution in [0.4, 0.5) is 0 Å². The van der Waals surface area contributed by atoms with E-state index in [9.17, 15) is 4.79 Å². The maximum atomic E-state index is 12.0. The summed E-state index contributed by atoms with van der Waals surface area (Å²) in [4.78, 5) is 12.0. The first-order valence-electron chi connectivity index (χ1n) is 11.7. The third-order valence-corrected chi connectivity index (χ3v) is 5.48. The number of nitrogens with zero attached hydrogens (tertiary/aromatic N) is 2. The highest BCUT2D eigenvalue weighted by molar-refractivity contribution is 5.88. The summed E-state index contributed by atoms with van der Waals surface area (Å²) < 4.78 is 26.3. The zero-order valence-electron chi connectivity index (χ0n) is 20.3. The average Bonchev–Trinajstić information content (AvgIpc) is 3.29. The molecule has 0 unspecified atom stereocenters. The molecule has 0 aliphatic rings. The van der Waals surface area contributed by atoms with Gasteiger partial charge in [-0.2, -0.15) is 0 Å². The molecule has 0 bridgehead atoms. The zero-order valence-corrected chi connectivity index (χ0v) is 22.5. The Morgan fingerprint density at radius 1 is 0.889 bits per heavy atom. The maximum Gasteiger partial charge on any atom is 0.344 e. The van der Waals surface area contributed by atoms with Crippen LogP contribution in [0.25, 0.3) is 10.9 Å². The van der Waals surface area contributed by atoms with E-state index in [1.807, 2.05) is 37.5 Å². The largest absolute Gasteiger partial charge is 1.00 e. The molecule has 0 N–H and O–H groups in total. The monoisotopic (exact) mass is 602 g/mol. The molecule has 2 aromatic carbocycles. The Balaban J connectivity index is 0.00000361. The second-order valence-corrected chi connectivity index (χ2v) is 8.12. The number of halogens is 1. The fourth-order valence-corrected chi connectivity index (χ4v) is 3.67. The van der Waals surface area contributed by atoms with Gasteiger partial charge >= 0.3 is 5.97 Å². The molecule has 190 valence electrons. The van der Waals surface area contributed by atoms with Gasteiger partial charge in [-0.05, 0) is 35.9 Å². The van der Waals surface area contributed by atoms with Gasteiger partial charge in [0.25, 0.3) is 0 Å². The molecule has 0 aliphatic carbocycles. The predicted octanol–water partition coefficient (Wildman–Crippen LogP) is 0.939. The van der Waals surface area contributed by atoms with E-state index in [1.165, 1.54) is 0 Å². The van der Waals surface area contributed by atoms with E-state index in [0.717, 1.165) is 28.8 Å². The molecule has 7 nitrogen and oxygen atoms in total. The molecule has 0 radical (unpaired) electrons. The van der Waals surface area contributed by atoms with Gasteiger partial charge in [0.2, 0.25) is 0 Å². The normalized spacial score (nSPS) is 10.7. The van der Waals surface area contributed by atoms with Crippen molar-refractivity contribution < 1.29 is 52.3 Å². The molecular weight excluding hydrogens is 571 g/mol. The molecule has 36 heavy (non-hydrogen) atoms. The molecule has 2 heterocycles. The summed E-state index contributed by atoms with van der Waals surface area (Å²) in [6.07, 6.45) is 5.65. The van der Waals surface area contributed by atoms with Crippen LogP contribution in [0, 0.1) is 0 Å². The second kappa shape index (κ2) is 14.6. The standard InChI is InChI=1S/C28H31N2O5.HI/c1-29-12-5-8-25(21-29)28(31)34-19-18-33-17-16-32-15-14-30-13-11-24-20-26(9-10-27(24)30)35-22-23-6-3-2-4-7-23;/h2-13,20-21H,14-19,22H2,1H3;1H/q+1;/p-1. The summed E-state index contributed by atoms with van der Waals surface area (Å²) in [6, 6.07) is 21.9. The Morgan fingerprint density at radius 2 is 1.67 bits per heavy atom. The first-order chi connectivity index (χ1) is 17.2. The van der Waals surface area contributed by atoms with E-state index >= 15 is 0 Å². The van der Waals surface area contributed by atoms with Gasteiger partial charge in [0, 0.05) is 29.7 Å². The summed E-state index contributed by atoms with van der Waals surface area (Å²) in [6.45, 7) is 3.37. The molecule has 0 saturated carbocycles. The van der Waals surface area contributed by atoms with Crippen LogP contribution in [0.1, 0.15) is 15.9 Å². The lowest BCUT2D eigenvalue weighted by atomic mass is 10.2. The van der Waals surface area contributed by atoms with Gasteiger partial charge in [-0.1, -0.05) is 30.3 Å². The Bertz CT molecular complexity index is 1230. The van der Waals surface area contributed by atoms with Crippen molar-refractivity contribution in [1.82, 2.24) is 4.57 Å². The minimum absolute atomic E-state index is 0. The topological polar surface area (TPSA) is 62.8 Å². The van der Waals surface area contributed by atoms with Crippen molar-refractivity contribution in [3.63, 3.8) is 0 Å². The van der Waals surface area contributed by atoms with E-state index < -0.39 is 0 Å². The number of hydrogen-bond acceptors (Lipinski definition) is 5. The van der Waals surface area contributed by atoms with Crippen LogP contribution in [0.3, 0.4) is 0 Å². The smallest absolute Gasteiger partial charge is 0.344 e. The summed E-state index contributed by atoms with van der Waals surface area (Å²) >= 11 is 0. The number of pyridine rings is 1. The van der Waals surface area contributed by atoms with Crippen LogP contribution in [-0.2, 0) is 34.4 Å². The van der Waals surface area contributed by atoms with Gasteiger partial charge in [-0.3, -0.25) is 0 Å². The minimum Gasteiger partial charge on any atom is -1.00 e. The number of fused-ring (bicyclic) bond motifs is 1. The van der Waals surface area contributed by atoms with Crippen molar-refractivity contribution >= 4 is 16.9 Å². The number of rotatable bonds is 13. The Labute approximate surface area is 228 Å². The van der Waals surface area contributed by atoms with Crippen molar-refractivity contribution in [1.29, 1.82) is 0 Å². The lowest BCUT2D eigenvalue weighted by Gasteiger charge is -2.09. The van der Waals surface area contributed by atoms with Crippen LogP contribution < -0.4 is 33.3 Å². The number of esters is 1. The fourth-order valence-electron chi connectivity index (χ4n) is 3.67. The SMILES string of the molecule is C[n+]1cccc(C(=O)OCCOCCOCCn2ccc3cc(OCc4ccccc4)ccc32)c1.[I-]. The van der Waals surface area contributed by atoms with E-state index in [4.69, 9.17) is 18.9 Å². The van der Waals surface area contributed by atoms with Gasteiger partial charge in [-0.25, -0.2) is 9.36 Å². The number of carbonyl (C=O) groups excluding carboxylic acids is 1. The van der Waals surface area contributed by atoms with Crippen LogP contribution in [0.15, 0.2) is 85.3 Å². The first-order valence-corrected chi connectivity index (χ1v) is 11.7. The highest BCUT2D eigenvalue weighted by atomic mass is 127. The molecule has 0 aliphatic heterocycles. The molecule has 8 heteroatoms. The highest BCUT2D eigenvalue weighted by Gasteiger charge is 2.10. The van der Waals surface area contributed by atoms with Crippen molar-refractivity contribution in [2.45, 2.75) is 13.2 Å². The number of benzene rings is 2. The lowest BCUT2D eigenvalue weighted by molar-refractivity contribution is -0.671. The van der Waals surface area contributed by atoms with Gasteiger partial charge in [0.15, 0.2) is 12.4 Å². The van der Waals surface area contributed by atoms with Gasteiger partial charge in [-0.15, -0.1) is 0 Å². The molecule has 0 fully saturated rings. The number of ether oxygens (including phenoxy) is 4. The average molecular weight is 602 g/mol. The van der Waals surface area contributed by atoms with Gasteiger partial charge in [0.05, 0.1) is 26.4 Å². The van der Waals surface area contributed by atoms with E-state index in [2.05, 4.69) is 41.1 Å². The molecule has 0 atom stereocenters. The van der Waals surface area contributed by atoms with Crippen LogP contribution in [0.5, 0.6) is 5.75 Å². The van der Waals surface area contributed by atoms with E-state index in [0.29, 0.717) is 38.6 Å². The first kappa shape index (κ1) is 27.6. The highest BCUT2D eigenvalue weighted by Crippen LogP contribution is 2.23. The summed E-state index contributed by atoms with van der Waals surface area (Å²) in [5.74, 6) is 0.505. The quantitative estimate of drug-likeness (QED) is 0.0988. The van der Waals surface area contributed by atoms with Crippen molar-refractivity contribution in [2.75, 3.05) is 33.0 Å². The minimum atomic E-state index is -0.352. The number of aryl methyl sites for hydroxylation is 1. The molecule has 4 aromatic rings. The third-order valence-electron chi connectivity index (χ3n) is 5.48. The van der Waals surface area contributed by atoms with Gasteiger partial charge < -0.3 is 47.5 Å². The van der Waals surface area contributed by atoms with Gasteiger partial charge in [0.1, 0.15) is 31.6 Å². The molecule has 2 aromatic heterocycles. The zero-order chi connectivity index (χ0) is 24.3. The summed E-state index contributed by atoms with van der Waals surface area (Å²) in [7, 11) is 1.86. The maximum absolute atomic E-state index is 12.0. The lowest BCUT2D eigenvalue weighted by Crippen LogP contribution is -3.00. The van der Waals surface area contributed by atoms with E-state index in [1.54, 1.807) is 22.9 Å². The molecule has 0 spiro atoms. The second-order valence-electron chi connectivity index (χ2n) is 8.12.